The Hall–Kier alpha value is -2.88. The zero-order chi connectivity index (χ0) is 14.7. The molecular weight excluding hydrogens is 264 g/mol. The molecule has 0 aliphatic rings. The normalized spacial score (nSPS) is 10.5. The summed E-state index contributed by atoms with van der Waals surface area (Å²) in [6.45, 7) is 0. The minimum Gasteiger partial charge on any atom is -0.307 e. The van der Waals surface area contributed by atoms with Crippen LogP contribution in [0.25, 0.3) is 11.3 Å². The van der Waals surface area contributed by atoms with Gasteiger partial charge in [0, 0.05) is 12.0 Å². The van der Waals surface area contributed by atoms with E-state index < -0.39 is 5.69 Å². The summed E-state index contributed by atoms with van der Waals surface area (Å²) in [6.07, 6.45) is 0.469. The summed E-state index contributed by atoms with van der Waals surface area (Å²) in [5.74, 6) is 0. The van der Waals surface area contributed by atoms with Crippen LogP contribution in [-0.2, 0) is 6.42 Å². The van der Waals surface area contributed by atoms with Gasteiger partial charge in [-0.3, -0.25) is 9.78 Å². The van der Waals surface area contributed by atoms with Crippen molar-refractivity contribution in [3.8, 4) is 11.3 Å². The van der Waals surface area contributed by atoms with Crippen molar-refractivity contribution in [1.29, 1.82) is 0 Å². The molecule has 0 spiro atoms. The van der Waals surface area contributed by atoms with E-state index >= 15 is 0 Å². The fourth-order valence-electron chi connectivity index (χ4n) is 2.33. The van der Waals surface area contributed by atoms with E-state index in [1.54, 1.807) is 0 Å². The third kappa shape index (κ3) is 2.84. The molecule has 21 heavy (non-hydrogen) atoms. The Morgan fingerprint density at radius 1 is 0.762 bits per heavy atom. The highest BCUT2D eigenvalue weighted by Crippen LogP contribution is 2.19. The second-order valence-electron chi connectivity index (χ2n) is 4.79. The molecule has 0 saturated carbocycles. The van der Waals surface area contributed by atoms with Gasteiger partial charge in [0.1, 0.15) is 0 Å². The van der Waals surface area contributed by atoms with Crippen molar-refractivity contribution in [3.63, 3.8) is 0 Å². The molecule has 0 radical (unpaired) electrons. The first kappa shape index (κ1) is 13.1. The predicted octanol–water partition coefficient (Wildman–Crippen LogP) is 2.32. The van der Waals surface area contributed by atoms with E-state index in [2.05, 4.69) is 9.97 Å². The van der Waals surface area contributed by atoms with Gasteiger partial charge in [0.05, 0.1) is 5.69 Å². The van der Waals surface area contributed by atoms with Crippen LogP contribution in [0.5, 0.6) is 0 Å². The summed E-state index contributed by atoms with van der Waals surface area (Å²) < 4.78 is 0. The van der Waals surface area contributed by atoms with Gasteiger partial charge in [-0.15, -0.1) is 0 Å². The highest BCUT2D eigenvalue weighted by Gasteiger charge is 2.11. The SMILES string of the molecule is O=c1[nH]c(-c2ccccc2)c(Cc2ccccc2)c(=O)[nH]1. The molecule has 1 heterocycles. The number of hydrogen-bond acceptors (Lipinski definition) is 2. The second kappa shape index (κ2) is 5.63. The van der Waals surface area contributed by atoms with Gasteiger partial charge in [0.15, 0.2) is 0 Å². The molecule has 0 fully saturated rings. The van der Waals surface area contributed by atoms with Gasteiger partial charge in [0.25, 0.3) is 5.56 Å². The first-order chi connectivity index (χ1) is 10.2. The number of hydrogen-bond donors (Lipinski definition) is 2. The lowest BCUT2D eigenvalue weighted by Crippen LogP contribution is -2.26. The molecule has 0 aliphatic carbocycles. The van der Waals surface area contributed by atoms with E-state index in [0.29, 0.717) is 17.7 Å². The second-order valence-corrected chi connectivity index (χ2v) is 4.79. The first-order valence-corrected chi connectivity index (χ1v) is 6.69. The summed E-state index contributed by atoms with van der Waals surface area (Å²) in [6, 6.07) is 19.1. The minimum atomic E-state index is -0.490. The van der Waals surface area contributed by atoms with Gasteiger partial charge in [-0.1, -0.05) is 60.7 Å². The monoisotopic (exact) mass is 278 g/mol. The minimum absolute atomic E-state index is 0.346. The maximum absolute atomic E-state index is 12.2. The molecule has 2 aromatic carbocycles. The van der Waals surface area contributed by atoms with E-state index in [4.69, 9.17) is 0 Å². The smallest absolute Gasteiger partial charge is 0.307 e. The lowest BCUT2D eigenvalue weighted by Gasteiger charge is -2.08. The standard InChI is InChI=1S/C17H14N2O2/c20-16-14(11-12-7-3-1-4-8-12)15(18-17(21)19-16)13-9-5-2-6-10-13/h1-10H,11H2,(H2,18,19,20,21). The van der Waals surface area contributed by atoms with Crippen molar-refractivity contribution in [2.75, 3.05) is 0 Å². The zero-order valence-electron chi connectivity index (χ0n) is 11.3. The predicted molar refractivity (Wildman–Crippen MR) is 82.4 cm³/mol. The van der Waals surface area contributed by atoms with Crippen molar-refractivity contribution >= 4 is 0 Å². The van der Waals surface area contributed by atoms with Crippen LogP contribution in [0.4, 0.5) is 0 Å². The van der Waals surface area contributed by atoms with Gasteiger partial charge in [-0.25, -0.2) is 4.79 Å². The Morgan fingerprint density at radius 2 is 1.38 bits per heavy atom. The molecule has 0 amide bonds. The van der Waals surface area contributed by atoms with Crippen molar-refractivity contribution < 1.29 is 0 Å². The van der Waals surface area contributed by atoms with Crippen molar-refractivity contribution in [2.24, 2.45) is 0 Å². The topological polar surface area (TPSA) is 65.7 Å². The van der Waals surface area contributed by atoms with Crippen molar-refractivity contribution in [1.82, 2.24) is 9.97 Å². The van der Waals surface area contributed by atoms with Crippen molar-refractivity contribution in [3.05, 3.63) is 92.6 Å². The van der Waals surface area contributed by atoms with Crippen LogP contribution in [-0.4, -0.2) is 9.97 Å². The molecule has 0 saturated heterocycles. The van der Waals surface area contributed by atoms with E-state index in [0.717, 1.165) is 11.1 Å². The summed E-state index contributed by atoms with van der Waals surface area (Å²) in [4.78, 5) is 28.8. The maximum Gasteiger partial charge on any atom is 0.326 e. The van der Waals surface area contributed by atoms with Gasteiger partial charge >= 0.3 is 5.69 Å². The molecule has 0 atom stereocenters. The molecular formula is C17H14N2O2. The summed E-state index contributed by atoms with van der Waals surface area (Å²) in [5.41, 5.74) is 2.15. The Morgan fingerprint density at radius 3 is 2.05 bits per heavy atom. The molecule has 0 aliphatic heterocycles. The van der Waals surface area contributed by atoms with Gasteiger partial charge in [-0.2, -0.15) is 0 Å². The van der Waals surface area contributed by atoms with Crippen LogP contribution in [0, 0.1) is 0 Å². The van der Waals surface area contributed by atoms with E-state index in [9.17, 15) is 9.59 Å². The van der Waals surface area contributed by atoms with E-state index in [-0.39, 0.29) is 5.56 Å². The molecule has 0 bridgehead atoms. The molecule has 4 nitrogen and oxygen atoms in total. The average Bonchev–Trinajstić information content (AvgIpc) is 2.51. The highest BCUT2D eigenvalue weighted by molar-refractivity contribution is 5.62. The fraction of sp³-hybridized carbons (Fsp3) is 0.0588. The number of H-pyrrole nitrogens is 2. The molecule has 3 rings (SSSR count). The molecule has 0 unspecified atom stereocenters. The first-order valence-electron chi connectivity index (χ1n) is 6.69. The van der Waals surface area contributed by atoms with Crippen LogP contribution in [0.3, 0.4) is 0 Å². The van der Waals surface area contributed by atoms with Gasteiger partial charge < -0.3 is 4.98 Å². The quantitative estimate of drug-likeness (QED) is 0.772. The number of aromatic amines is 2. The van der Waals surface area contributed by atoms with Crippen LogP contribution in [0.15, 0.2) is 70.3 Å². The Balaban J connectivity index is 2.16. The number of benzene rings is 2. The molecule has 4 heteroatoms. The molecule has 1 aromatic heterocycles. The molecule has 3 aromatic rings. The summed E-state index contributed by atoms with van der Waals surface area (Å²) in [5, 5.41) is 0. The fourth-order valence-corrected chi connectivity index (χ4v) is 2.33. The Bertz CT molecular complexity index is 849. The summed E-state index contributed by atoms with van der Waals surface area (Å²) in [7, 11) is 0. The largest absolute Gasteiger partial charge is 0.326 e. The summed E-state index contributed by atoms with van der Waals surface area (Å²) >= 11 is 0. The van der Waals surface area contributed by atoms with Gasteiger partial charge in [-0.05, 0) is 11.1 Å². The molecule has 104 valence electrons. The molecule has 2 N–H and O–H groups in total. The highest BCUT2D eigenvalue weighted by atomic mass is 16.2. The number of nitrogens with one attached hydrogen (secondary N) is 2. The van der Waals surface area contributed by atoms with Crippen LogP contribution < -0.4 is 11.2 Å². The lowest BCUT2D eigenvalue weighted by atomic mass is 10.0. The number of aromatic nitrogens is 2. The average molecular weight is 278 g/mol. The van der Waals surface area contributed by atoms with Crippen LogP contribution >= 0.6 is 0 Å². The zero-order valence-corrected chi connectivity index (χ0v) is 11.3. The number of rotatable bonds is 3. The lowest BCUT2D eigenvalue weighted by molar-refractivity contribution is 0.982. The van der Waals surface area contributed by atoms with Crippen LogP contribution in [0.2, 0.25) is 0 Å². The van der Waals surface area contributed by atoms with Crippen molar-refractivity contribution in [2.45, 2.75) is 6.42 Å². The van der Waals surface area contributed by atoms with Crippen LogP contribution in [0.1, 0.15) is 11.1 Å². The van der Waals surface area contributed by atoms with E-state index in [1.807, 2.05) is 60.7 Å². The Kier molecular flexibility index (Phi) is 3.51. The third-order valence-corrected chi connectivity index (χ3v) is 3.33. The van der Waals surface area contributed by atoms with E-state index in [1.165, 1.54) is 0 Å². The van der Waals surface area contributed by atoms with Gasteiger partial charge in [0.2, 0.25) is 0 Å². The maximum atomic E-state index is 12.2. The Labute approximate surface area is 121 Å². The third-order valence-electron chi connectivity index (χ3n) is 3.33.